The standard InChI is InChI=1S/C19H19ClN2O4/c1-25-17-7-6-15(12-16(17)20)21-18(23)13-2-4-14(5-3-13)19(24)22-8-10-26-11-9-22/h2-7,12H,8-11H2,1H3,(H,21,23). The van der Waals surface area contributed by atoms with Crippen LogP contribution in [0.15, 0.2) is 42.5 Å². The van der Waals surface area contributed by atoms with Crippen LogP contribution in [-0.4, -0.2) is 50.1 Å². The number of methoxy groups -OCH3 is 1. The van der Waals surface area contributed by atoms with Crippen molar-refractivity contribution in [3.8, 4) is 5.75 Å². The molecule has 1 fully saturated rings. The summed E-state index contributed by atoms with van der Waals surface area (Å²) in [6, 6.07) is 11.6. The summed E-state index contributed by atoms with van der Waals surface area (Å²) in [4.78, 5) is 26.5. The smallest absolute Gasteiger partial charge is 0.255 e. The van der Waals surface area contributed by atoms with E-state index >= 15 is 0 Å². The molecule has 1 N–H and O–H groups in total. The normalized spacial score (nSPS) is 14.0. The van der Waals surface area contributed by atoms with Crippen molar-refractivity contribution >= 4 is 29.1 Å². The Bertz CT molecular complexity index is 802. The van der Waals surface area contributed by atoms with Gasteiger partial charge in [0.15, 0.2) is 0 Å². The maximum absolute atomic E-state index is 12.4. The van der Waals surface area contributed by atoms with E-state index in [1.807, 2.05) is 0 Å². The van der Waals surface area contributed by atoms with Crippen molar-refractivity contribution in [1.82, 2.24) is 4.90 Å². The molecule has 6 nitrogen and oxygen atoms in total. The molecule has 0 bridgehead atoms. The molecule has 0 radical (unpaired) electrons. The SMILES string of the molecule is COc1ccc(NC(=O)c2ccc(C(=O)N3CCOCC3)cc2)cc1Cl. The van der Waals surface area contributed by atoms with Gasteiger partial charge in [-0.3, -0.25) is 9.59 Å². The number of halogens is 1. The molecule has 1 saturated heterocycles. The molecule has 0 aliphatic carbocycles. The molecule has 0 unspecified atom stereocenters. The number of ether oxygens (including phenoxy) is 2. The Hall–Kier alpha value is -2.57. The number of hydrogen-bond acceptors (Lipinski definition) is 4. The Morgan fingerprint density at radius 1 is 1.08 bits per heavy atom. The van der Waals surface area contributed by atoms with E-state index in [1.54, 1.807) is 47.4 Å². The van der Waals surface area contributed by atoms with Crippen molar-refractivity contribution in [2.75, 3.05) is 38.7 Å². The highest BCUT2D eigenvalue weighted by Crippen LogP contribution is 2.27. The zero-order chi connectivity index (χ0) is 18.5. The fourth-order valence-electron chi connectivity index (χ4n) is 2.66. The van der Waals surface area contributed by atoms with Gasteiger partial charge >= 0.3 is 0 Å². The monoisotopic (exact) mass is 374 g/mol. The third kappa shape index (κ3) is 4.15. The van der Waals surface area contributed by atoms with Gasteiger partial charge in [-0.2, -0.15) is 0 Å². The maximum Gasteiger partial charge on any atom is 0.255 e. The lowest BCUT2D eigenvalue weighted by molar-refractivity contribution is 0.0303. The van der Waals surface area contributed by atoms with Crippen molar-refractivity contribution in [3.05, 3.63) is 58.6 Å². The Morgan fingerprint density at radius 2 is 1.73 bits per heavy atom. The average Bonchev–Trinajstić information content (AvgIpc) is 2.68. The highest BCUT2D eigenvalue weighted by molar-refractivity contribution is 6.32. The zero-order valence-electron chi connectivity index (χ0n) is 14.3. The first-order chi connectivity index (χ1) is 12.6. The number of amides is 2. The predicted octanol–water partition coefficient (Wildman–Crippen LogP) is 3.07. The van der Waals surface area contributed by atoms with Gasteiger partial charge < -0.3 is 19.7 Å². The first kappa shape index (κ1) is 18.2. The van der Waals surface area contributed by atoms with Gasteiger partial charge in [-0.25, -0.2) is 0 Å². The minimum Gasteiger partial charge on any atom is -0.495 e. The van der Waals surface area contributed by atoms with E-state index in [1.165, 1.54) is 7.11 Å². The molecule has 0 aromatic heterocycles. The third-order valence-electron chi connectivity index (χ3n) is 4.10. The highest BCUT2D eigenvalue weighted by atomic mass is 35.5. The summed E-state index contributed by atoms with van der Waals surface area (Å²) >= 11 is 6.06. The minimum absolute atomic E-state index is 0.0535. The fraction of sp³-hybridized carbons (Fsp3) is 0.263. The van der Waals surface area contributed by atoms with Crippen LogP contribution >= 0.6 is 11.6 Å². The molecule has 1 heterocycles. The Balaban J connectivity index is 1.66. The van der Waals surface area contributed by atoms with Crippen LogP contribution in [0.5, 0.6) is 5.75 Å². The van der Waals surface area contributed by atoms with Gasteiger partial charge in [0.1, 0.15) is 5.75 Å². The molecule has 3 rings (SSSR count). The van der Waals surface area contributed by atoms with Gasteiger partial charge in [-0.1, -0.05) is 11.6 Å². The molecule has 1 aliphatic rings. The summed E-state index contributed by atoms with van der Waals surface area (Å²) in [5.74, 6) is 0.203. The number of nitrogens with zero attached hydrogens (tertiary/aromatic N) is 1. The quantitative estimate of drug-likeness (QED) is 0.893. The van der Waals surface area contributed by atoms with Crippen molar-refractivity contribution in [2.24, 2.45) is 0 Å². The van der Waals surface area contributed by atoms with E-state index in [4.69, 9.17) is 21.1 Å². The van der Waals surface area contributed by atoms with Crippen molar-refractivity contribution in [1.29, 1.82) is 0 Å². The van der Waals surface area contributed by atoms with Gasteiger partial charge in [0.05, 0.1) is 25.3 Å². The van der Waals surface area contributed by atoms with Gasteiger partial charge in [0.2, 0.25) is 0 Å². The summed E-state index contributed by atoms with van der Waals surface area (Å²) in [6.45, 7) is 2.27. The highest BCUT2D eigenvalue weighted by Gasteiger charge is 2.18. The summed E-state index contributed by atoms with van der Waals surface area (Å²) in [7, 11) is 1.53. The van der Waals surface area contributed by atoms with Crippen LogP contribution in [0.25, 0.3) is 0 Å². The zero-order valence-corrected chi connectivity index (χ0v) is 15.1. The van der Waals surface area contributed by atoms with Crippen LogP contribution in [0.2, 0.25) is 5.02 Å². The van der Waals surface area contributed by atoms with Gasteiger partial charge in [-0.15, -0.1) is 0 Å². The summed E-state index contributed by atoms with van der Waals surface area (Å²) in [5, 5.41) is 3.19. The number of benzene rings is 2. The van der Waals surface area contributed by atoms with Crippen LogP contribution in [0, 0.1) is 0 Å². The number of anilines is 1. The third-order valence-corrected chi connectivity index (χ3v) is 4.40. The van der Waals surface area contributed by atoms with Crippen molar-refractivity contribution in [3.63, 3.8) is 0 Å². The Morgan fingerprint density at radius 3 is 2.35 bits per heavy atom. The van der Waals surface area contributed by atoms with Crippen molar-refractivity contribution < 1.29 is 19.1 Å². The number of carbonyl (C=O) groups is 2. The largest absolute Gasteiger partial charge is 0.495 e. The molecular weight excluding hydrogens is 356 g/mol. The lowest BCUT2D eigenvalue weighted by Crippen LogP contribution is -2.40. The second-order valence-corrected chi connectivity index (χ2v) is 6.19. The molecule has 2 amide bonds. The minimum atomic E-state index is -0.281. The van der Waals surface area contributed by atoms with Crippen LogP contribution < -0.4 is 10.1 Å². The number of hydrogen-bond donors (Lipinski definition) is 1. The van der Waals surface area contributed by atoms with Crippen LogP contribution in [0.3, 0.4) is 0 Å². The van der Waals surface area contributed by atoms with E-state index in [9.17, 15) is 9.59 Å². The molecular formula is C19H19ClN2O4. The van der Waals surface area contributed by atoms with Crippen LogP contribution in [0.1, 0.15) is 20.7 Å². The molecule has 26 heavy (non-hydrogen) atoms. The van der Waals surface area contributed by atoms with Gasteiger partial charge in [0.25, 0.3) is 11.8 Å². The van der Waals surface area contributed by atoms with Gasteiger partial charge in [0, 0.05) is 29.9 Å². The number of rotatable bonds is 4. The predicted molar refractivity (Wildman–Crippen MR) is 99.1 cm³/mol. The lowest BCUT2D eigenvalue weighted by atomic mass is 10.1. The first-order valence-corrected chi connectivity index (χ1v) is 8.58. The van der Waals surface area contributed by atoms with Gasteiger partial charge in [-0.05, 0) is 42.5 Å². The number of nitrogens with one attached hydrogen (secondary N) is 1. The molecule has 7 heteroatoms. The van der Waals surface area contributed by atoms with Crippen molar-refractivity contribution in [2.45, 2.75) is 0 Å². The maximum atomic E-state index is 12.4. The van der Waals surface area contributed by atoms with E-state index < -0.39 is 0 Å². The number of carbonyl (C=O) groups excluding carboxylic acids is 2. The Labute approximate surface area is 156 Å². The molecule has 0 saturated carbocycles. The molecule has 2 aromatic carbocycles. The van der Waals surface area contributed by atoms with Crippen LogP contribution in [-0.2, 0) is 4.74 Å². The van der Waals surface area contributed by atoms with E-state index in [-0.39, 0.29) is 11.8 Å². The molecule has 0 atom stereocenters. The molecule has 0 spiro atoms. The first-order valence-electron chi connectivity index (χ1n) is 8.20. The number of morpholine rings is 1. The topological polar surface area (TPSA) is 67.9 Å². The van der Waals surface area contributed by atoms with E-state index in [2.05, 4.69) is 5.32 Å². The summed E-state index contributed by atoms with van der Waals surface area (Å²) < 4.78 is 10.3. The lowest BCUT2D eigenvalue weighted by Gasteiger charge is -2.26. The average molecular weight is 375 g/mol. The molecule has 2 aromatic rings. The fourth-order valence-corrected chi connectivity index (χ4v) is 2.92. The summed E-state index contributed by atoms with van der Waals surface area (Å²) in [5.41, 5.74) is 1.57. The van der Waals surface area contributed by atoms with E-state index in [0.29, 0.717) is 53.9 Å². The molecule has 1 aliphatic heterocycles. The van der Waals surface area contributed by atoms with Crippen LogP contribution in [0.4, 0.5) is 5.69 Å². The Kier molecular flexibility index (Phi) is 5.75. The molecule has 136 valence electrons. The second kappa shape index (κ2) is 8.21. The summed E-state index contributed by atoms with van der Waals surface area (Å²) in [6.07, 6.45) is 0. The van der Waals surface area contributed by atoms with E-state index in [0.717, 1.165) is 0 Å². The second-order valence-electron chi connectivity index (χ2n) is 5.79.